The summed E-state index contributed by atoms with van der Waals surface area (Å²) < 4.78 is 0. The Morgan fingerprint density at radius 2 is 1.86 bits per heavy atom. The minimum atomic E-state index is -0.349. The average molecular weight is 292 g/mol. The van der Waals surface area contributed by atoms with E-state index in [-0.39, 0.29) is 10.6 Å². The molecular formula is C17H28N2O2. The molecule has 21 heavy (non-hydrogen) atoms. The van der Waals surface area contributed by atoms with Crippen LogP contribution in [0.4, 0.5) is 5.69 Å². The van der Waals surface area contributed by atoms with Gasteiger partial charge in [-0.15, -0.1) is 0 Å². The van der Waals surface area contributed by atoms with Gasteiger partial charge in [-0.25, -0.2) is 0 Å². The molecule has 2 rings (SSSR count). The van der Waals surface area contributed by atoms with Gasteiger partial charge >= 0.3 is 0 Å². The molecule has 1 aromatic rings. The Hall–Kier alpha value is -1.42. The molecule has 0 amide bonds. The summed E-state index contributed by atoms with van der Waals surface area (Å²) in [6.07, 6.45) is 5.11. The zero-order valence-electron chi connectivity index (χ0n) is 13.5. The van der Waals surface area contributed by atoms with Gasteiger partial charge in [-0.2, -0.15) is 0 Å². The Balaban J connectivity index is 0.000000677. The molecule has 1 unspecified atom stereocenters. The molecule has 1 fully saturated rings. The highest BCUT2D eigenvalue weighted by molar-refractivity contribution is 5.32. The molecule has 0 N–H and O–H groups in total. The van der Waals surface area contributed by atoms with Crippen LogP contribution in [0.2, 0.25) is 0 Å². The van der Waals surface area contributed by atoms with Crippen LogP contribution in [-0.2, 0) is 6.54 Å². The Morgan fingerprint density at radius 3 is 2.38 bits per heavy atom. The van der Waals surface area contributed by atoms with E-state index in [1.54, 1.807) is 12.1 Å². The monoisotopic (exact) mass is 292 g/mol. The van der Waals surface area contributed by atoms with Gasteiger partial charge in [0.2, 0.25) is 0 Å². The van der Waals surface area contributed by atoms with E-state index in [0.29, 0.717) is 0 Å². The van der Waals surface area contributed by atoms with Crippen molar-refractivity contribution in [2.45, 2.75) is 53.0 Å². The Labute approximate surface area is 128 Å². The fourth-order valence-electron chi connectivity index (χ4n) is 2.61. The molecule has 1 saturated heterocycles. The van der Waals surface area contributed by atoms with Gasteiger partial charge in [-0.3, -0.25) is 15.0 Å². The van der Waals surface area contributed by atoms with Gasteiger partial charge in [-0.1, -0.05) is 45.7 Å². The van der Waals surface area contributed by atoms with Crippen LogP contribution in [0.5, 0.6) is 0 Å². The van der Waals surface area contributed by atoms with Crippen LogP contribution < -0.4 is 0 Å². The van der Waals surface area contributed by atoms with Crippen molar-refractivity contribution in [1.29, 1.82) is 0 Å². The second-order valence-corrected chi connectivity index (χ2v) is 5.78. The van der Waals surface area contributed by atoms with Crippen LogP contribution in [-0.4, -0.2) is 22.9 Å². The zero-order chi connectivity index (χ0) is 15.7. The molecule has 0 saturated carbocycles. The second-order valence-electron chi connectivity index (χ2n) is 5.78. The van der Waals surface area contributed by atoms with Gasteiger partial charge in [0.15, 0.2) is 0 Å². The first-order chi connectivity index (χ1) is 10.1. The molecule has 1 aromatic carbocycles. The van der Waals surface area contributed by atoms with Gasteiger partial charge in [0, 0.05) is 25.2 Å². The summed E-state index contributed by atoms with van der Waals surface area (Å²) in [5.74, 6) is 0.816. The summed E-state index contributed by atoms with van der Waals surface area (Å²) >= 11 is 0. The van der Waals surface area contributed by atoms with E-state index < -0.39 is 0 Å². The standard InChI is InChI=1S/C14H20N2O2.C3H8/c1-2-12-4-3-9-15(10-12)11-13-5-7-14(8-6-13)16(17)18;1-3-2/h5-8,12H,2-4,9-11H2,1H3;3H2,1-2H3. The molecule has 0 aromatic heterocycles. The van der Waals surface area contributed by atoms with Gasteiger partial charge in [0.1, 0.15) is 0 Å². The topological polar surface area (TPSA) is 46.4 Å². The summed E-state index contributed by atoms with van der Waals surface area (Å²) in [5.41, 5.74) is 1.33. The predicted molar refractivity (Wildman–Crippen MR) is 87.4 cm³/mol. The summed E-state index contributed by atoms with van der Waals surface area (Å²) in [5, 5.41) is 10.6. The molecule has 1 aliphatic rings. The molecule has 0 bridgehead atoms. The fourth-order valence-corrected chi connectivity index (χ4v) is 2.61. The van der Waals surface area contributed by atoms with Crippen LogP contribution in [0.3, 0.4) is 0 Å². The van der Waals surface area contributed by atoms with Gasteiger partial charge in [0.25, 0.3) is 5.69 Å². The van der Waals surface area contributed by atoms with Crippen LogP contribution in [0.15, 0.2) is 24.3 Å². The Morgan fingerprint density at radius 1 is 1.24 bits per heavy atom. The second kappa shape index (κ2) is 9.50. The van der Waals surface area contributed by atoms with Crippen molar-refractivity contribution in [3.8, 4) is 0 Å². The van der Waals surface area contributed by atoms with E-state index in [1.807, 2.05) is 12.1 Å². The molecule has 4 heteroatoms. The number of piperidine rings is 1. The third kappa shape index (κ3) is 6.25. The number of nitrogens with zero attached hydrogens (tertiary/aromatic N) is 2. The molecule has 4 nitrogen and oxygen atoms in total. The normalized spacial score (nSPS) is 18.7. The molecule has 1 heterocycles. The molecule has 0 aliphatic carbocycles. The molecule has 118 valence electrons. The maximum Gasteiger partial charge on any atom is 0.269 e. The highest BCUT2D eigenvalue weighted by Gasteiger charge is 2.18. The Bertz CT molecular complexity index is 417. The third-order valence-corrected chi connectivity index (χ3v) is 3.73. The van der Waals surface area contributed by atoms with Crippen molar-refractivity contribution in [2.24, 2.45) is 5.92 Å². The van der Waals surface area contributed by atoms with E-state index >= 15 is 0 Å². The quantitative estimate of drug-likeness (QED) is 0.600. The first kappa shape index (κ1) is 17.6. The van der Waals surface area contributed by atoms with Crippen LogP contribution >= 0.6 is 0 Å². The molecule has 1 aliphatic heterocycles. The third-order valence-electron chi connectivity index (χ3n) is 3.73. The lowest BCUT2D eigenvalue weighted by atomic mass is 9.95. The molecule has 0 radical (unpaired) electrons. The van der Waals surface area contributed by atoms with Crippen molar-refractivity contribution in [3.63, 3.8) is 0 Å². The average Bonchev–Trinajstić information content (AvgIpc) is 2.49. The van der Waals surface area contributed by atoms with E-state index in [9.17, 15) is 10.1 Å². The number of non-ortho nitro benzene ring substituents is 1. The number of nitro benzene ring substituents is 1. The van der Waals surface area contributed by atoms with Gasteiger partial charge in [-0.05, 0) is 30.9 Å². The molecule has 1 atom stereocenters. The minimum Gasteiger partial charge on any atom is -0.299 e. The van der Waals surface area contributed by atoms with Crippen molar-refractivity contribution in [2.75, 3.05) is 13.1 Å². The van der Waals surface area contributed by atoms with Crippen molar-refractivity contribution >= 4 is 5.69 Å². The Kier molecular flexibility index (Phi) is 7.98. The van der Waals surface area contributed by atoms with Crippen molar-refractivity contribution in [3.05, 3.63) is 39.9 Å². The minimum absolute atomic E-state index is 0.170. The van der Waals surface area contributed by atoms with Crippen molar-refractivity contribution < 1.29 is 4.92 Å². The van der Waals surface area contributed by atoms with Gasteiger partial charge in [0.05, 0.1) is 4.92 Å². The van der Waals surface area contributed by atoms with Crippen LogP contribution in [0.25, 0.3) is 0 Å². The van der Waals surface area contributed by atoms with E-state index in [1.165, 1.54) is 25.7 Å². The van der Waals surface area contributed by atoms with Gasteiger partial charge < -0.3 is 0 Å². The summed E-state index contributed by atoms with van der Waals surface area (Å²) in [6, 6.07) is 6.93. The highest BCUT2D eigenvalue weighted by atomic mass is 16.6. The smallest absolute Gasteiger partial charge is 0.269 e. The number of likely N-dealkylation sites (tertiary alicyclic amines) is 1. The largest absolute Gasteiger partial charge is 0.299 e. The summed E-state index contributed by atoms with van der Waals surface area (Å²) in [6.45, 7) is 9.72. The van der Waals surface area contributed by atoms with E-state index in [2.05, 4.69) is 25.7 Å². The zero-order valence-corrected chi connectivity index (χ0v) is 13.5. The SMILES string of the molecule is CCC.CCC1CCCN(Cc2ccc([N+](=O)[O-])cc2)C1. The lowest BCUT2D eigenvalue weighted by Crippen LogP contribution is -2.34. The number of rotatable bonds is 4. The number of nitro groups is 1. The predicted octanol–water partition coefficient (Wildman–Crippen LogP) is 4.63. The van der Waals surface area contributed by atoms with Crippen LogP contribution in [0, 0.1) is 16.0 Å². The number of hydrogen-bond donors (Lipinski definition) is 0. The first-order valence-electron chi connectivity index (χ1n) is 8.06. The van der Waals surface area contributed by atoms with Crippen LogP contribution in [0.1, 0.15) is 52.0 Å². The summed E-state index contributed by atoms with van der Waals surface area (Å²) in [4.78, 5) is 12.7. The lowest BCUT2D eigenvalue weighted by molar-refractivity contribution is -0.384. The summed E-state index contributed by atoms with van der Waals surface area (Å²) in [7, 11) is 0. The lowest BCUT2D eigenvalue weighted by Gasteiger charge is -2.32. The maximum absolute atomic E-state index is 10.6. The van der Waals surface area contributed by atoms with Crippen molar-refractivity contribution in [1.82, 2.24) is 4.90 Å². The molecular weight excluding hydrogens is 264 g/mol. The van der Waals surface area contributed by atoms with E-state index in [0.717, 1.165) is 31.1 Å². The number of hydrogen-bond acceptors (Lipinski definition) is 3. The fraction of sp³-hybridized carbons (Fsp3) is 0.647. The maximum atomic E-state index is 10.6. The molecule has 0 spiro atoms. The first-order valence-corrected chi connectivity index (χ1v) is 8.06. The van der Waals surface area contributed by atoms with E-state index in [4.69, 9.17) is 0 Å². The number of benzene rings is 1. The highest BCUT2D eigenvalue weighted by Crippen LogP contribution is 2.21.